The summed E-state index contributed by atoms with van der Waals surface area (Å²) in [5.41, 5.74) is 1.59. The number of amides is 1. The van der Waals surface area contributed by atoms with Gasteiger partial charge in [0.2, 0.25) is 0 Å². The van der Waals surface area contributed by atoms with E-state index in [0.29, 0.717) is 17.2 Å². The first-order chi connectivity index (χ1) is 16.0. The van der Waals surface area contributed by atoms with E-state index in [4.69, 9.17) is 9.47 Å². The van der Waals surface area contributed by atoms with Crippen LogP contribution in [0.5, 0.6) is 11.5 Å². The maximum absolute atomic E-state index is 13.2. The van der Waals surface area contributed by atoms with E-state index in [9.17, 15) is 9.00 Å². The highest BCUT2D eigenvalue weighted by Crippen LogP contribution is 2.27. The third kappa shape index (κ3) is 5.87. The van der Waals surface area contributed by atoms with E-state index in [1.165, 1.54) is 6.20 Å². The van der Waals surface area contributed by atoms with Crippen LogP contribution < -0.4 is 19.7 Å². The Balaban J connectivity index is 1.82. The molecular weight excluding hydrogens is 440 g/mol. The Morgan fingerprint density at radius 1 is 1.03 bits per heavy atom. The molecule has 0 aliphatic heterocycles. The van der Waals surface area contributed by atoms with Gasteiger partial charge in [0.05, 0.1) is 36.3 Å². The molecule has 174 valence electrons. The number of hydrogen-bond donors (Lipinski definition) is 1. The molecule has 0 fully saturated rings. The van der Waals surface area contributed by atoms with Crippen molar-refractivity contribution >= 4 is 28.2 Å². The van der Waals surface area contributed by atoms with Crippen molar-refractivity contribution in [1.82, 2.24) is 9.97 Å². The predicted molar refractivity (Wildman–Crippen MR) is 130 cm³/mol. The van der Waals surface area contributed by atoms with Crippen LogP contribution in [0.3, 0.4) is 0 Å². The predicted octanol–water partition coefficient (Wildman–Crippen LogP) is 3.90. The minimum absolute atomic E-state index is 0.145. The Morgan fingerprint density at radius 2 is 1.82 bits per heavy atom. The van der Waals surface area contributed by atoms with Crippen molar-refractivity contribution in [2.24, 2.45) is 0 Å². The van der Waals surface area contributed by atoms with Gasteiger partial charge in [0, 0.05) is 48.9 Å². The van der Waals surface area contributed by atoms with E-state index in [1.807, 2.05) is 19.9 Å². The Morgan fingerprint density at radius 3 is 2.52 bits per heavy atom. The fraction of sp³-hybridized carbons (Fsp3) is 0.292. The molecule has 3 aromatic rings. The Hall–Kier alpha value is -3.46. The SMILES string of the molecule is CCN(CC)c1cc(NC(=O)c2cccnc2S(=O)Cc2ccc(OC)cc2OC)ccn1. The second kappa shape index (κ2) is 11.4. The number of pyridine rings is 2. The molecule has 8 nitrogen and oxygen atoms in total. The molecular formula is C24H28N4O4S. The van der Waals surface area contributed by atoms with Crippen molar-refractivity contribution in [3.8, 4) is 11.5 Å². The van der Waals surface area contributed by atoms with Crippen molar-refractivity contribution in [1.29, 1.82) is 0 Å². The van der Waals surface area contributed by atoms with Gasteiger partial charge in [-0.2, -0.15) is 0 Å². The lowest BCUT2D eigenvalue weighted by Crippen LogP contribution is -2.23. The minimum atomic E-state index is -1.57. The number of methoxy groups -OCH3 is 2. The van der Waals surface area contributed by atoms with Gasteiger partial charge in [-0.1, -0.05) is 6.07 Å². The van der Waals surface area contributed by atoms with Crippen molar-refractivity contribution in [3.63, 3.8) is 0 Å². The second-order valence-corrected chi connectivity index (χ2v) is 8.42. The van der Waals surface area contributed by atoms with Crippen LogP contribution in [0.25, 0.3) is 0 Å². The molecule has 0 spiro atoms. The summed E-state index contributed by atoms with van der Waals surface area (Å²) in [7, 11) is 1.54. The van der Waals surface area contributed by atoms with Crippen LogP contribution >= 0.6 is 0 Å². The van der Waals surface area contributed by atoms with Crippen molar-refractivity contribution in [2.75, 3.05) is 37.5 Å². The van der Waals surface area contributed by atoms with Gasteiger partial charge in [-0.05, 0) is 38.1 Å². The zero-order valence-corrected chi connectivity index (χ0v) is 20.0. The van der Waals surface area contributed by atoms with Crippen molar-refractivity contribution in [3.05, 3.63) is 66.0 Å². The molecule has 2 aromatic heterocycles. The molecule has 0 aliphatic rings. The summed E-state index contributed by atoms with van der Waals surface area (Å²) < 4.78 is 23.8. The molecule has 0 saturated heterocycles. The smallest absolute Gasteiger partial charge is 0.258 e. The zero-order valence-electron chi connectivity index (χ0n) is 19.2. The topological polar surface area (TPSA) is 93.7 Å². The van der Waals surface area contributed by atoms with Gasteiger partial charge in [0.25, 0.3) is 5.91 Å². The molecule has 0 saturated carbocycles. The molecule has 9 heteroatoms. The highest BCUT2D eigenvalue weighted by Gasteiger charge is 2.20. The average molecular weight is 469 g/mol. The molecule has 1 N–H and O–H groups in total. The molecule has 0 aliphatic carbocycles. The van der Waals surface area contributed by atoms with E-state index in [-0.39, 0.29) is 22.2 Å². The number of nitrogens with zero attached hydrogens (tertiary/aromatic N) is 3. The standard InChI is InChI=1S/C24H28N4O4S/c1-5-28(6-2)22-14-18(11-13-25-22)27-23(29)20-8-7-12-26-24(20)33(30)16-17-9-10-19(31-3)15-21(17)32-4/h7-15H,5-6,16H2,1-4H3,(H,25,27,29). The van der Waals surface area contributed by atoms with Crippen LogP contribution in [0.2, 0.25) is 0 Å². The maximum atomic E-state index is 13.2. The van der Waals surface area contributed by atoms with Crippen LogP contribution in [-0.4, -0.2) is 47.4 Å². The molecule has 0 bridgehead atoms. The van der Waals surface area contributed by atoms with Gasteiger partial charge >= 0.3 is 0 Å². The van der Waals surface area contributed by atoms with Crippen LogP contribution in [0.4, 0.5) is 11.5 Å². The van der Waals surface area contributed by atoms with Crippen LogP contribution in [-0.2, 0) is 16.6 Å². The first-order valence-electron chi connectivity index (χ1n) is 10.6. The lowest BCUT2D eigenvalue weighted by molar-refractivity contribution is 0.102. The number of hydrogen-bond acceptors (Lipinski definition) is 7. The van der Waals surface area contributed by atoms with E-state index in [1.54, 1.807) is 56.8 Å². The lowest BCUT2D eigenvalue weighted by Gasteiger charge is -2.20. The molecule has 3 rings (SSSR count). The van der Waals surface area contributed by atoms with Crippen molar-refractivity contribution in [2.45, 2.75) is 24.6 Å². The lowest BCUT2D eigenvalue weighted by atomic mass is 10.2. The summed E-state index contributed by atoms with van der Waals surface area (Å²) in [4.78, 5) is 23.8. The summed E-state index contributed by atoms with van der Waals surface area (Å²) in [6.45, 7) is 5.71. The summed E-state index contributed by atoms with van der Waals surface area (Å²) in [6, 6.07) is 12.1. The van der Waals surface area contributed by atoms with Crippen LogP contribution in [0, 0.1) is 0 Å². The monoisotopic (exact) mass is 468 g/mol. The Labute approximate surface area is 196 Å². The number of rotatable bonds is 10. The van der Waals surface area contributed by atoms with Crippen molar-refractivity contribution < 1.29 is 18.5 Å². The van der Waals surface area contributed by atoms with Gasteiger partial charge in [-0.3, -0.25) is 9.00 Å². The average Bonchev–Trinajstić information content (AvgIpc) is 2.85. The molecule has 33 heavy (non-hydrogen) atoms. The summed E-state index contributed by atoms with van der Waals surface area (Å²) in [5, 5.41) is 3.09. The first kappa shape index (κ1) is 24.2. The number of ether oxygens (including phenoxy) is 2. The number of nitrogens with one attached hydrogen (secondary N) is 1. The van der Waals surface area contributed by atoms with E-state index < -0.39 is 10.8 Å². The Bertz CT molecular complexity index is 1130. The fourth-order valence-corrected chi connectivity index (χ4v) is 4.58. The first-order valence-corrected chi connectivity index (χ1v) is 11.9. The Kier molecular flexibility index (Phi) is 8.37. The molecule has 1 unspecified atom stereocenters. The zero-order chi connectivity index (χ0) is 23.8. The van der Waals surface area contributed by atoms with Crippen LogP contribution in [0.1, 0.15) is 29.8 Å². The highest BCUT2D eigenvalue weighted by molar-refractivity contribution is 7.84. The largest absolute Gasteiger partial charge is 0.497 e. The number of benzene rings is 1. The highest BCUT2D eigenvalue weighted by atomic mass is 32.2. The third-order valence-corrected chi connectivity index (χ3v) is 6.43. The third-order valence-electron chi connectivity index (χ3n) is 5.10. The van der Waals surface area contributed by atoms with E-state index in [2.05, 4.69) is 20.2 Å². The normalized spacial score (nSPS) is 11.5. The summed E-state index contributed by atoms with van der Waals surface area (Å²) in [5.74, 6) is 1.74. The minimum Gasteiger partial charge on any atom is -0.497 e. The molecule has 1 amide bonds. The van der Waals surface area contributed by atoms with Gasteiger partial charge in [0.1, 0.15) is 22.3 Å². The second-order valence-electron chi connectivity index (χ2n) is 7.05. The van der Waals surface area contributed by atoms with E-state index in [0.717, 1.165) is 24.5 Å². The van der Waals surface area contributed by atoms with Gasteiger partial charge in [0.15, 0.2) is 0 Å². The number of carbonyl (C=O) groups is 1. The van der Waals surface area contributed by atoms with Gasteiger partial charge < -0.3 is 19.7 Å². The van der Waals surface area contributed by atoms with Gasteiger partial charge in [-0.15, -0.1) is 0 Å². The number of carbonyl (C=O) groups excluding carboxylic acids is 1. The summed E-state index contributed by atoms with van der Waals surface area (Å²) in [6.07, 6.45) is 3.18. The molecule has 1 aromatic carbocycles. The number of anilines is 2. The maximum Gasteiger partial charge on any atom is 0.258 e. The number of aromatic nitrogens is 2. The van der Waals surface area contributed by atoms with E-state index >= 15 is 0 Å². The molecule has 0 radical (unpaired) electrons. The van der Waals surface area contributed by atoms with Crippen LogP contribution in [0.15, 0.2) is 59.9 Å². The summed E-state index contributed by atoms with van der Waals surface area (Å²) >= 11 is 0. The fourth-order valence-electron chi connectivity index (χ4n) is 3.34. The molecule has 1 atom stereocenters. The van der Waals surface area contributed by atoms with Gasteiger partial charge in [-0.25, -0.2) is 9.97 Å². The molecule has 2 heterocycles. The quantitative estimate of drug-likeness (QED) is 0.482.